The lowest BCUT2D eigenvalue weighted by Crippen LogP contribution is -2.45. The summed E-state index contributed by atoms with van der Waals surface area (Å²) in [6, 6.07) is 9.36. The molecule has 2 unspecified atom stereocenters. The van der Waals surface area contributed by atoms with Crippen LogP contribution in [0.25, 0.3) is 10.9 Å². The minimum absolute atomic E-state index is 0.00279. The third-order valence-electron chi connectivity index (χ3n) is 6.42. The number of allylic oxidation sites excluding steroid dienone is 1. The molecule has 226 valence electrons. The maximum Gasteiger partial charge on any atom is 0.406 e. The molecule has 1 aromatic heterocycles. The van der Waals surface area contributed by atoms with Crippen LogP contribution in [0, 0.1) is 17.9 Å². The van der Waals surface area contributed by atoms with E-state index in [-0.39, 0.29) is 24.0 Å². The minimum atomic E-state index is -4.37. The van der Waals surface area contributed by atoms with Crippen molar-refractivity contribution in [1.82, 2.24) is 9.47 Å². The summed E-state index contributed by atoms with van der Waals surface area (Å²) in [6.07, 6.45) is 0.0105. The number of aromatic nitrogens is 1. The summed E-state index contributed by atoms with van der Waals surface area (Å²) < 4.78 is 46.1. The van der Waals surface area contributed by atoms with Crippen molar-refractivity contribution in [3.63, 3.8) is 0 Å². The zero-order chi connectivity index (χ0) is 30.4. The number of hydrogen-bond acceptors (Lipinski definition) is 8. The molecule has 2 aromatic rings. The first-order valence-electron chi connectivity index (χ1n) is 13.2. The van der Waals surface area contributed by atoms with Gasteiger partial charge in [-0.2, -0.15) is 13.2 Å². The second kappa shape index (κ2) is 16.5. The van der Waals surface area contributed by atoms with Crippen molar-refractivity contribution in [3.8, 4) is 12.0 Å². The molecule has 10 nitrogen and oxygen atoms in total. The molecule has 0 amide bonds. The number of likely N-dealkylation sites (tertiary alicyclic amines) is 1. The van der Waals surface area contributed by atoms with E-state index in [1.165, 1.54) is 12.3 Å². The van der Waals surface area contributed by atoms with Crippen LogP contribution < -0.4 is 16.8 Å². The van der Waals surface area contributed by atoms with Gasteiger partial charge in [-0.05, 0) is 69.5 Å². The Morgan fingerprint density at radius 2 is 2.10 bits per heavy atom. The number of carboxylic acids is 1. The van der Waals surface area contributed by atoms with E-state index >= 15 is 0 Å². The van der Waals surface area contributed by atoms with Gasteiger partial charge < -0.3 is 41.2 Å². The smallest absolute Gasteiger partial charge is 0.406 e. The Morgan fingerprint density at radius 1 is 1.34 bits per heavy atom. The van der Waals surface area contributed by atoms with Crippen molar-refractivity contribution >= 4 is 28.8 Å². The van der Waals surface area contributed by atoms with E-state index < -0.39 is 18.7 Å². The molecule has 2 heterocycles. The Kier molecular flexibility index (Phi) is 13.5. The Bertz CT molecular complexity index is 1250. The van der Waals surface area contributed by atoms with E-state index in [2.05, 4.69) is 34.2 Å². The highest BCUT2D eigenvalue weighted by Gasteiger charge is 2.31. The van der Waals surface area contributed by atoms with Gasteiger partial charge in [-0.25, -0.2) is 4.79 Å². The number of carboxylic acid groups (broad SMARTS) is 1. The van der Waals surface area contributed by atoms with Crippen LogP contribution in [0.3, 0.4) is 0 Å². The van der Waals surface area contributed by atoms with Gasteiger partial charge >= 0.3 is 12.1 Å². The maximum atomic E-state index is 13.2. The summed E-state index contributed by atoms with van der Waals surface area (Å²) >= 11 is 0. The van der Waals surface area contributed by atoms with Gasteiger partial charge in [-0.1, -0.05) is 6.07 Å². The summed E-state index contributed by atoms with van der Waals surface area (Å²) in [7, 11) is 2.08. The molecule has 0 aliphatic carbocycles. The average Bonchev–Trinajstić information content (AvgIpc) is 3.25. The van der Waals surface area contributed by atoms with Crippen LogP contribution in [-0.2, 0) is 16.1 Å². The third-order valence-corrected chi connectivity index (χ3v) is 6.42. The molecule has 41 heavy (non-hydrogen) atoms. The van der Waals surface area contributed by atoms with Crippen LogP contribution >= 0.6 is 0 Å². The second-order valence-corrected chi connectivity index (χ2v) is 9.50. The number of aliphatic hydroxyl groups is 1. The molecule has 0 saturated carbocycles. The minimum Gasteiger partial charge on any atom is -0.477 e. The predicted molar refractivity (Wildman–Crippen MR) is 154 cm³/mol. The summed E-state index contributed by atoms with van der Waals surface area (Å²) in [6.45, 7) is 4.05. The number of aliphatic carboxylic acids is 1. The number of anilines is 1. The molecule has 2 atom stereocenters. The van der Waals surface area contributed by atoms with Gasteiger partial charge in [-0.3, -0.25) is 4.99 Å². The Hall–Kier alpha value is -3.73. The lowest BCUT2D eigenvalue weighted by molar-refractivity contribution is -0.140. The number of fused-ring (bicyclic) bond motifs is 1. The highest BCUT2D eigenvalue weighted by molar-refractivity contribution is 5.94. The van der Waals surface area contributed by atoms with E-state index in [0.717, 1.165) is 36.2 Å². The number of halogens is 3. The van der Waals surface area contributed by atoms with E-state index in [4.69, 9.17) is 26.4 Å². The molecule has 1 saturated heterocycles. The van der Waals surface area contributed by atoms with Crippen LogP contribution in [0.1, 0.15) is 25.5 Å². The highest BCUT2D eigenvalue weighted by atomic mass is 19.4. The molecule has 0 bridgehead atoms. The monoisotopic (exact) mass is 580 g/mol. The van der Waals surface area contributed by atoms with Gasteiger partial charge in [0.05, 0.1) is 24.4 Å². The van der Waals surface area contributed by atoms with Crippen molar-refractivity contribution in [2.45, 2.75) is 38.5 Å². The zero-order valence-electron chi connectivity index (χ0n) is 23.3. The van der Waals surface area contributed by atoms with Crippen molar-refractivity contribution < 1.29 is 32.9 Å². The van der Waals surface area contributed by atoms with E-state index in [1.807, 2.05) is 13.0 Å². The van der Waals surface area contributed by atoms with Crippen molar-refractivity contribution in [2.75, 3.05) is 51.8 Å². The number of ether oxygens (including phenoxy) is 1. The predicted octanol–water partition coefficient (Wildman–Crippen LogP) is 2.61. The Labute approximate surface area is 237 Å². The molecule has 1 aliphatic heterocycles. The summed E-state index contributed by atoms with van der Waals surface area (Å²) in [4.78, 5) is 16.1. The summed E-state index contributed by atoms with van der Waals surface area (Å²) in [5, 5.41) is 21.4. The molecule has 13 heteroatoms. The molecule has 7 N–H and O–H groups in total. The van der Waals surface area contributed by atoms with Crippen LogP contribution in [0.2, 0.25) is 0 Å². The largest absolute Gasteiger partial charge is 0.477 e. The molecule has 1 fully saturated rings. The second-order valence-electron chi connectivity index (χ2n) is 9.50. The number of carbonyl (C=O) groups is 1. The molecule has 0 spiro atoms. The van der Waals surface area contributed by atoms with Gasteiger partial charge in [0.1, 0.15) is 12.2 Å². The van der Waals surface area contributed by atoms with Crippen molar-refractivity contribution in [2.24, 2.45) is 22.4 Å². The van der Waals surface area contributed by atoms with Gasteiger partial charge in [0.25, 0.3) is 0 Å². The molecule has 1 aliphatic rings. The molecule has 0 radical (unpaired) electrons. The standard InChI is InChI=1S/C22H29F3N4O2.C6H10N2O2/c1-28-9-6-19(16(14-28)7-11-31-12-10-30)27-20-3-2-4-21-18(20)13-17(5-8-26)29(21)15-22(23,24)25;1-2-8-4-3-5(7)6(9)10/h2-4,13,16,19,27,30H,6-7,9-12,14-15,26H2,1H3;3-4H,2,7H2,1H3,(H,9,10)/b;5-3-,8-4?. The maximum absolute atomic E-state index is 13.2. The van der Waals surface area contributed by atoms with Crippen molar-refractivity contribution in [1.29, 1.82) is 0 Å². The summed E-state index contributed by atoms with van der Waals surface area (Å²) in [5.74, 6) is 1.78. The first-order chi connectivity index (χ1) is 19.5. The van der Waals surface area contributed by atoms with Gasteiger partial charge in [0.15, 0.2) is 0 Å². The van der Waals surface area contributed by atoms with E-state index in [0.29, 0.717) is 36.6 Å². The number of aliphatic imine (C=N–C) groups is 1. The zero-order valence-corrected chi connectivity index (χ0v) is 23.3. The van der Waals surface area contributed by atoms with E-state index in [9.17, 15) is 18.0 Å². The highest BCUT2D eigenvalue weighted by Crippen LogP contribution is 2.32. The topological polar surface area (TPSA) is 151 Å². The van der Waals surface area contributed by atoms with Gasteiger partial charge in [0, 0.05) is 49.1 Å². The third kappa shape index (κ3) is 11.0. The molecule has 1 aromatic carbocycles. The van der Waals surface area contributed by atoms with Gasteiger partial charge in [-0.15, -0.1) is 0 Å². The number of nitrogens with one attached hydrogen (secondary N) is 1. The molecular formula is C28H39F3N6O4. The number of piperidine rings is 1. The number of nitrogens with two attached hydrogens (primary N) is 2. The quantitative estimate of drug-likeness (QED) is 0.0895. The van der Waals surface area contributed by atoms with Crippen LogP contribution in [0.15, 0.2) is 41.0 Å². The first kappa shape index (κ1) is 33.5. The Balaban J connectivity index is 0.000000503. The first-order valence-corrected chi connectivity index (χ1v) is 13.2. The Morgan fingerprint density at radius 3 is 2.73 bits per heavy atom. The number of nitrogens with zero attached hydrogens (tertiary/aromatic N) is 3. The van der Waals surface area contributed by atoms with Crippen LogP contribution in [0.5, 0.6) is 0 Å². The number of rotatable bonds is 11. The fourth-order valence-electron chi connectivity index (χ4n) is 4.54. The molecule has 3 rings (SSSR count). The van der Waals surface area contributed by atoms with Crippen LogP contribution in [0.4, 0.5) is 18.9 Å². The fraction of sp³-hybridized carbons (Fsp3) is 0.500. The number of aliphatic hydroxyl groups excluding tert-OH is 1. The lowest BCUT2D eigenvalue weighted by atomic mass is 9.89. The summed E-state index contributed by atoms with van der Waals surface area (Å²) in [5.41, 5.74) is 11.6. The molecular weight excluding hydrogens is 541 g/mol. The number of alkyl halides is 3. The number of benzene rings is 1. The van der Waals surface area contributed by atoms with Gasteiger partial charge in [0.2, 0.25) is 0 Å². The fourth-order valence-corrected chi connectivity index (χ4v) is 4.54. The van der Waals surface area contributed by atoms with Crippen LogP contribution in [-0.4, -0.2) is 90.6 Å². The SMILES string of the molecule is CCN=C/C=C(\N)C(=O)O.CN1CCC(Nc2cccc3c2cc(C#CN)n3CC(F)(F)F)C(CCOCCO)C1. The van der Waals surface area contributed by atoms with E-state index in [1.54, 1.807) is 18.2 Å². The van der Waals surface area contributed by atoms with Crippen molar-refractivity contribution in [3.05, 3.63) is 41.7 Å². The normalized spacial score (nSPS) is 18.0. The lowest BCUT2D eigenvalue weighted by Gasteiger charge is -2.38. The average molecular weight is 581 g/mol. The number of hydrogen-bond donors (Lipinski definition) is 5.